The first-order valence-corrected chi connectivity index (χ1v) is 8.14. The summed E-state index contributed by atoms with van der Waals surface area (Å²) in [4.78, 5) is 10.8. The molecule has 0 atom stereocenters. The molecule has 0 aliphatic carbocycles. The van der Waals surface area contributed by atoms with Crippen molar-refractivity contribution in [2.45, 2.75) is 11.8 Å². The molecule has 0 aromatic heterocycles. The Morgan fingerprint density at radius 3 is 2.57 bits per heavy atom. The SMILES string of the molecule is CCOc1cccc(S(=O)(=O)Nc2ccc(C(=O)O)c(O)c2)c1. The summed E-state index contributed by atoms with van der Waals surface area (Å²) in [5, 5.41) is 18.4. The number of carboxylic acids is 1. The van der Waals surface area contributed by atoms with Crippen molar-refractivity contribution in [3.8, 4) is 11.5 Å². The maximum Gasteiger partial charge on any atom is 0.339 e. The fourth-order valence-electron chi connectivity index (χ4n) is 1.89. The molecular weight excluding hydrogens is 322 g/mol. The van der Waals surface area contributed by atoms with Crippen LogP contribution in [0.25, 0.3) is 0 Å². The molecule has 0 unspecified atom stereocenters. The van der Waals surface area contributed by atoms with Crippen molar-refractivity contribution in [1.82, 2.24) is 0 Å². The highest BCUT2D eigenvalue weighted by Gasteiger charge is 2.17. The van der Waals surface area contributed by atoms with Gasteiger partial charge in [0.25, 0.3) is 10.0 Å². The molecule has 0 bridgehead atoms. The van der Waals surface area contributed by atoms with Crippen LogP contribution < -0.4 is 9.46 Å². The molecule has 122 valence electrons. The van der Waals surface area contributed by atoms with Gasteiger partial charge in [-0.1, -0.05) is 6.07 Å². The lowest BCUT2D eigenvalue weighted by Crippen LogP contribution is -2.13. The highest BCUT2D eigenvalue weighted by molar-refractivity contribution is 7.92. The van der Waals surface area contributed by atoms with E-state index in [-0.39, 0.29) is 16.1 Å². The topological polar surface area (TPSA) is 113 Å². The second kappa shape index (κ2) is 6.57. The highest BCUT2D eigenvalue weighted by atomic mass is 32.2. The molecule has 2 aromatic carbocycles. The zero-order chi connectivity index (χ0) is 17.0. The van der Waals surface area contributed by atoms with E-state index in [0.29, 0.717) is 12.4 Å². The number of rotatable bonds is 6. The van der Waals surface area contributed by atoms with E-state index < -0.39 is 21.7 Å². The summed E-state index contributed by atoms with van der Waals surface area (Å²) in [6, 6.07) is 9.36. The summed E-state index contributed by atoms with van der Waals surface area (Å²) in [7, 11) is -3.89. The lowest BCUT2D eigenvalue weighted by molar-refractivity contribution is 0.0694. The molecule has 2 aromatic rings. The first-order chi connectivity index (χ1) is 10.8. The van der Waals surface area contributed by atoms with Gasteiger partial charge in [0, 0.05) is 12.1 Å². The number of anilines is 1. The van der Waals surface area contributed by atoms with E-state index in [1.54, 1.807) is 19.1 Å². The average Bonchev–Trinajstić information content (AvgIpc) is 2.47. The largest absolute Gasteiger partial charge is 0.507 e. The van der Waals surface area contributed by atoms with E-state index >= 15 is 0 Å². The normalized spacial score (nSPS) is 11.0. The molecule has 8 heteroatoms. The van der Waals surface area contributed by atoms with Gasteiger partial charge in [-0.25, -0.2) is 13.2 Å². The Labute approximate surface area is 133 Å². The quantitative estimate of drug-likeness (QED) is 0.745. The van der Waals surface area contributed by atoms with Crippen LogP contribution in [0.4, 0.5) is 5.69 Å². The van der Waals surface area contributed by atoms with Crippen molar-refractivity contribution in [3.63, 3.8) is 0 Å². The van der Waals surface area contributed by atoms with Gasteiger partial charge < -0.3 is 14.9 Å². The van der Waals surface area contributed by atoms with Crippen LogP contribution in [0.5, 0.6) is 11.5 Å². The zero-order valence-electron chi connectivity index (χ0n) is 12.2. The molecule has 0 spiro atoms. The van der Waals surface area contributed by atoms with Gasteiger partial charge in [-0.3, -0.25) is 4.72 Å². The Bertz CT molecular complexity index is 832. The Balaban J connectivity index is 2.29. The number of hydrogen-bond donors (Lipinski definition) is 3. The lowest BCUT2D eigenvalue weighted by Gasteiger charge is -2.10. The molecule has 0 amide bonds. The maximum absolute atomic E-state index is 12.3. The molecule has 7 nitrogen and oxygen atoms in total. The highest BCUT2D eigenvalue weighted by Crippen LogP contribution is 2.25. The number of carbonyl (C=O) groups is 1. The Morgan fingerprint density at radius 2 is 1.96 bits per heavy atom. The van der Waals surface area contributed by atoms with Crippen molar-refractivity contribution in [3.05, 3.63) is 48.0 Å². The van der Waals surface area contributed by atoms with E-state index in [0.717, 1.165) is 12.1 Å². The molecule has 23 heavy (non-hydrogen) atoms. The molecule has 0 radical (unpaired) electrons. The van der Waals surface area contributed by atoms with Gasteiger partial charge in [0.15, 0.2) is 0 Å². The van der Waals surface area contributed by atoms with Crippen LogP contribution in [0, 0.1) is 0 Å². The van der Waals surface area contributed by atoms with Gasteiger partial charge in [-0.2, -0.15) is 0 Å². The van der Waals surface area contributed by atoms with Gasteiger partial charge in [0.05, 0.1) is 17.2 Å². The van der Waals surface area contributed by atoms with Gasteiger partial charge >= 0.3 is 5.97 Å². The van der Waals surface area contributed by atoms with Crippen LogP contribution in [0.1, 0.15) is 17.3 Å². The van der Waals surface area contributed by atoms with Crippen molar-refractivity contribution in [1.29, 1.82) is 0 Å². The standard InChI is InChI=1S/C15H15NO6S/c1-2-22-11-4-3-5-12(9-11)23(20,21)16-10-6-7-13(15(18)19)14(17)8-10/h3-9,16-17H,2H2,1H3,(H,18,19). The summed E-state index contributed by atoms with van der Waals surface area (Å²) in [6.07, 6.45) is 0. The van der Waals surface area contributed by atoms with Crippen molar-refractivity contribution in [2.24, 2.45) is 0 Å². The summed E-state index contributed by atoms with van der Waals surface area (Å²) in [5.74, 6) is -1.42. The molecule has 3 N–H and O–H groups in total. The van der Waals surface area contributed by atoms with E-state index in [2.05, 4.69) is 4.72 Å². The smallest absolute Gasteiger partial charge is 0.339 e. The zero-order valence-corrected chi connectivity index (χ0v) is 13.0. The number of ether oxygens (including phenoxy) is 1. The minimum Gasteiger partial charge on any atom is -0.507 e. The monoisotopic (exact) mass is 337 g/mol. The number of nitrogens with one attached hydrogen (secondary N) is 1. The van der Waals surface area contributed by atoms with Gasteiger partial charge in [-0.15, -0.1) is 0 Å². The van der Waals surface area contributed by atoms with E-state index in [1.165, 1.54) is 18.2 Å². The predicted octanol–water partition coefficient (Wildman–Crippen LogP) is 2.29. The molecule has 0 aliphatic rings. The van der Waals surface area contributed by atoms with Crippen LogP contribution in [0.15, 0.2) is 47.4 Å². The average molecular weight is 337 g/mol. The number of aromatic hydroxyl groups is 1. The van der Waals surface area contributed by atoms with Crippen LogP contribution in [0.3, 0.4) is 0 Å². The molecule has 0 heterocycles. The van der Waals surface area contributed by atoms with Gasteiger partial charge in [0.2, 0.25) is 0 Å². The van der Waals surface area contributed by atoms with Crippen molar-refractivity contribution >= 4 is 21.7 Å². The number of aromatic carboxylic acids is 1. The molecule has 2 rings (SSSR count). The third-order valence-electron chi connectivity index (χ3n) is 2.91. The minimum atomic E-state index is -3.89. The van der Waals surface area contributed by atoms with Crippen LogP contribution in [-0.2, 0) is 10.0 Å². The number of phenols is 1. The van der Waals surface area contributed by atoms with Crippen LogP contribution in [-0.4, -0.2) is 31.2 Å². The van der Waals surface area contributed by atoms with E-state index in [4.69, 9.17) is 9.84 Å². The van der Waals surface area contributed by atoms with E-state index in [9.17, 15) is 18.3 Å². The third kappa shape index (κ3) is 3.92. The van der Waals surface area contributed by atoms with Crippen LogP contribution in [0.2, 0.25) is 0 Å². The second-order valence-corrected chi connectivity index (χ2v) is 6.23. The summed E-state index contributed by atoms with van der Waals surface area (Å²) >= 11 is 0. The van der Waals surface area contributed by atoms with Crippen molar-refractivity contribution in [2.75, 3.05) is 11.3 Å². The molecule has 0 saturated heterocycles. The maximum atomic E-state index is 12.3. The fourth-order valence-corrected chi connectivity index (χ4v) is 2.97. The second-order valence-electron chi connectivity index (χ2n) is 4.55. The number of benzene rings is 2. The Morgan fingerprint density at radius 1 is 1.22 bits per heavy atom. The summed E-state index contributed by atoms with van der Waals surface area (Å²) in [6.45, 7) is 2.19. The van der Waals surface area contributed by atoms with Gasteiger partial charge in [0.1, 0.15) is 17.1 Å². The number of carboxylic acid groups (broad SMARTS) is 1. The number of sulfonamides is 1. The molecule has 0 fully saturated rings. The minimum absolute atomic E-state index is 0.00903. The predicted molar refractivity (Wildman–Crippen MR) is 83.5 cm³/mol. The lowest BCUT2D eigenvalue weighted by atomic mass is 10.2. The summed E-state index contributed by atoms with van der Waals surface area (Å²) < 4.78 is 32.2. The third-order valence-corrected chi connectivity index (χ3v) is 4.29. The molecule has 0 aliphatic heterocycles. The molecule has 0 saturated carbocycles. The van der Waals surface area contributed by atoms with E-state index in [1.807, 2.05) is 0 Å². The summed E-state index contributed by atoms with van der Waals surface area (Å²) in [5.41, 5.74) is -0.263. The first kappa shape index (κ1) is 16.6. The van der Waals surface area contributed by atoms with Crippen molar-refractivity contribution < 1.29 is 28.2 Å². The Kier molecular flexibility index (Phi) is 4.75. The molecular formula is C15H15NO6S. The fraction of sp³-hybridized carbons (Fsp3) is 0.133. The van der Waals surface area contributed by atoms with Crippen LogP contribution >= 0.6 is 0 Å². The Hall–Kier alpha value is -2.74. The van der Waals surface area contributed by atoms with Gasteiger partial charge in [-0.05, 0) is 31.2 Å². The number of hydrogen-bond acceptors (Lipinski definition) is 5. The first-order valence-electron chi connectivity index (χ1n) is 6.65.